The maximum Gasteiger partial charge on any atom is 0.410 e. The molecule has 206 valence electrons. The molecule has 0 spiro atoms. The molecule has 0 aromatic carbocycles. The van der Waals surface area contributed by atoms with Gasteiger partial charge in [0.05, 0.1) is 25.8 Å². The zero-order chi connectivity index (χ0) is 30.4. The average molecular weight is 555 g/mol. The highest BCUT2D eigenvalue weighted by molar-refractivity contribution is 6.30. The number of carbonyl (C=O) groups is 1. The summed E-state index contributed by atoms with van der Waals surface area (Å²) in [5.41, 5.74) is -2.47. The highest BCUT2D eigenvalue weighted by Crippen LogP contribution is 2.41. The Kier molecular flexibility index (Phi) is 5.21. The molecule has 0 N–H and O–H groups in total. The number of amides is 1. The van der Waals surface area contributed by atoms with Crippen LogP contribution in [-0.4, -0.2) is 92.9 Å². The van der Waals surface area contributed by atoms with Crippen molar-refractivity contribution >= 4 is 34.4 Å². The molecule has 2 aromatic rings. The molecular weight excluding hydrogens is 518 g/mol. The molecule has 4 fully saturated rings. The van der Waals surface area contributed by atoms with E-state index in [0.717, 1.165) is 12.8 Å². The summed E-state index contributed by atoms with van der Waals surface area (Å²) in [6.45, 7) is 1.32. The van der Waals surface area contributed by atoms with Gasteiger partial charge in [0.1, 0.15) is 29.7 Å². The van der Waals surface area contributed by atoms with Crippen molar-refractivity contribution in [2.45, 2.75) is 82.3 Å². The Labute approximate surface area is 231 Å². The predicted molar refractivity (Wildman–Crippen MR) is 138 cm³/mol. The standard InChI is InChI=1S/C26H33ClF2N6O3/c1-25(2,3)38-24(36)35-16-5-6-17(35)13-33(12-16)22-18-10-30-21(27)19(29)20(18)31-23(32-22)37-14-26-7-4-8-34(26)11-15(28)9-26/h10,15-17H,4-9,11-14H2,1-3H3/t15-,16-,17+,26+/m1/s1/i8D2,14D2. The Hall–Kier alpha value is -2.53. The molecule has 2 bridgehead atoms. The normalized spacial score (nSPS) is 32.5. The van der Waals surface area contributed by atoms with E-state index in [0.29, 0.717) is 13.1 Å². The number of aromatic nitrogens is 3. The van der Waals surface area contributed by atoms with E-state index in [1.165, 1.54) is 11.1 Å². The van der Waals surface area contributed by atoms with Gasteiger partial charge in [-0.05, 0) is 53.0 Å². The number of ether oxygens (including phenoxy) is 2. The molecule has 4 aliphatic rings. The van der Waals surface area contributed by atoms with Crippen LogP contribution in [0.1, 0.15) is 58.4 Å². The van der Waals surface area contributed by atoms with Crippen LogP contribution >= 0.6 is 11.6 Å². The largest absolute Gasteiger partial charge is 0.461 e. The van der Waals surface area contributed by atoms with Crippen LogP contribution in [0, 0.1) is 5.82 Å². The number of carbonyl (C=O) groups excluding carboxylic acids is 1. The second kappa shape index (κ2) is 9.29. The number of piperazine rings is 1. The Bertz CT molecular complexity index is 1420. The molecule has 0 saturated carbocycles. The lowest BCUT2D eigenvalue weighted by Gasteiger charge is -2.42. The summed E-state index contributed by atoms with van der Waals surface area (Å²) in [5.74, 6) is -0.694. The number of fused-ring (bicyclic) bond motifs is 4. The molecule has 2 aromatic heterocycles. The van der Waals surface area contributed by atoms with Gasteiger partial charge in [-0.2, -0.15) is 9.97 Å². The fourth-order valence-electron chi connectivity index (χ4n) is 6.03. The summed E-state index contributed by atoms with van der Waals surface area (Å²) < 4.78 is 75.6. The number of nitrogens with zero attached hydrogens (tertiary/aromatic N) is 6. The van der Waals surface area contributed by atoms with E-state index < -0.39 is 53.4 Å². The van der Waals surface area contributed by atoms with E-state index in [-0.39, 0.29) is 54.6 Å². The number of rotatable bonds is 4. The summed E-state index contributed by atoms with van der Waals surface area (Å²) in [5, 5.41) is -0.197. The molecule has 0 aliphatic carbocycles. The van der Waals surface area contributed by atoms with Crippen LogP contribution in [0.4, 0.5) is 19.4 Å². The van der Waals surface area contributed by atoms with Gasteiger partial charge in [0.2, 0.25) is 0 Å². The van der Waals surface area contributed by atoms with E-state index >= 15 is 4.39 Å². The van der Waals surface area contributed by atoms with Gasteiger partial charge in [-0.15, -0.1) is 0 Å². The predicted octanol–water partition coefficient (Wildman–Crippen LogP) is 4.36. The second-order valence-electron chi connectivity index (χ2n) is 11.4. The van der Waals surface area contributed by atoms with Crippen LogP contribution in [0.15, 0.2) is 6.20 Å². The summed E-state index contributed by atoms with van der Waals surface area (Å²) in [7, 11) is 0. The summed E-state index contributed by atoms with van der Waals surface area (Å²) in [4.78, 5) is 30.4. The third-order valence-electron chi connectivity index (χ3n) is 7.62. The first-order valence-electron chi connectivity index (χ1n) is 14.9. The quantitative estimate of drug-likeness (QED) is 0.516. The minimum Gasteiger partial charge on any atom is -0.461 e. The van der Waals surface area contributed by atoms with E-state index in [2.05, 4.69) is 15.0 Å². The van der Waals surface area contributed by atoms with Crippen molar-refractivity contribution in [3.05, 3.63) is 17.2 Å². The average Bonchev–Trinajstić information content (AvgIpc) is 3.47. The maximum atomic E-state index is 15.3. The van der Waals surface area contributed by atoms with Crippen molar-refractivity contribution in [1.29, 1.82) is 0 Å². The lowest BCUT2D eigenvalue weighted by atomic mass is 9.95. The van der Waals surface area contributed by atoms with Crippen LogP contribution in [0.3, 0.4) is 0 Å². The molecule has 4 atom stereocenters. The van der Waals surface area contributed by atoms with Gasteiger partial charge >= 0.3 is 12.1 Å². The molecule has 38 heavy (non-hydrogen) atoms. The van der Waals surface area contributed by atoms with Gasteiger partial charge in [-0.25, -0.2) is 18.6 Å². The summed E-state index contributed by atoms with van der Waals surface area (Å²) in [6.07, 6.45) is 0.735. The monoisotopic (exact) mass is 554 g/mol. The lowest BCUT2D eigenvalue weighted by molar-refractivity contribution is 0.0122. The molecule has 9 nitrogen and oxygen atoms in total. The zero-order valence-corrected chi connectivity index (χ0v) is 22.3. The maximum absolute atomic E-state index is 15.3. The van der Waals surface area contributed by atoms with Crippen LogP contribution in [0.2, 0.25) is 5.15 Å². The minimum absolute atomic E-state index is 0.00697. The number of alkyl halides is 1. The molecule has 0 radical (unpaired) electrons. The third kappa shape index (κ3) is 4.51. The van der Waals surface area contributed by atoms with Crippen molar-refractivity contribution in [2.24, 2.45) is 0 Å². The first-order valence-corrected chi connectivity index (χ1v) is 13.3. The molecule has 4 aliphatic heterocycles. The number of halogens is 3. The molecule has 6 rings (SSSR count). The van der Waals surface area contributed by atoms with Crippen LogP contribution in [0.25, 0.3) is 10.9 Å². The second-order valence-corrected chi connectivity index (χ2v) is 11.8. The zero-order valence-electron chi connectivity index (χ0n) is 25.5. The van der Waals surface area contributed by atoms with Gasteiger partial charge in [0, 0.05) is 35.0 Å². The topological polar surface area (TPSA) is 83.9 Å². The SMILES string of the molecule is [2H]C1([2H])CC[C@@]2(C([2H])([2H])Oc3nc(N4C[C@H]5CC[C@@H](C4)N5C(=O)OC(C)(C)C)c4cnc(Cl)c(F)c4n3)C[C@@H](F)CN12. The summed E-state index contributed by atoms with van der Waals surface area (Å²) in [6, 6.07) is -0.884. The molecule has 0 unspecified atom stereocenters. The molecule has 1 amide bonds. The number of anilines is 1. The number of pyridine rings is 1. The van der Waals surface area contributed by atoms with E-state index in [9.17, 15) is 9.18 Å². The van der Waals surface area contributed by atoms with E-state index in [1.54, 1.807) is 25.7 Å². The smallest absolute Gasteiger partial charge is 0.410 e. The first-order chi connectivity index (χ1) is 19.5. The van der Waals surface area contributed by atoms with Crippen molar-refractivity contribution in [1.82, 2.24) is 24.8 Å². The van der Waals surface area contributed by atoms with Crippen molar-refractivity contribution < 1.29 is 28.5 Å². The van der Waals surface area contributed by atoms with Gasteiger partial charge in [-0.3, -0.25) is 9.80 Å². The lowest BCUT2D eigenvalue weighted by Crippen LogP contribution is -2.57. The Morgan fingerprint density at radius 3 is 2.74 bits per heavy atom. The van der Waals surface area contributed by atoms with Crippen LogP contribution in [0.5, 0.6) is 6.01 Å². The Morgan fingerprint density at radius 2 is 2.03 bits per heavy atom. The van der Waals surface area contributed by atoms with E-state index in [4.69, 9.17) is 26.6 Å². The highest BCUT2D eigenvalue weighted by Gasteiger charge is 2.49. The first kappa shape index (κ1) is 21.3. The van der Waals surface area contributed by atoms with Crippen LogP contribution < -0.4 is 9.64 Å². The highest BCUT2D eigenvalue weighted by atomic mass is 35.5. The third-order valence-corrected chi connectivity index (χ3v) is 7.88. The molecule has 4 saturated heterocycles. The fraction of sp³-hybridized carbons (Fsp3) is 0.692. The van der Waals surface area contributed by atoms with Gasteiger partial charge < -0.3 is 14.4 Å². The van der Waals surface area contributed by atoms with Crippen molar-refractivity contribution in [3.63, 3.8) is 0 Å². The molecule has 6 heterocycles. The van der Waals surface area contributed by atoms with Crippen molar-refractivity contribution in [3.8, 4) is 6.01 Å². The van der Waals surface area contributed by atoms with Gasteiger partial charge in [-0.1, -0.05) is 11.6 Å². The Morgan fingerprint density at radius 1 is 1.29 bits per heavy atom. The number of hydrogen-bond acceptors (Lipinski definition) is 8. The van der Waals surface area contributed by atoms with Crippen LogP contribution in [-0.2, 0) is 4.74 Å². The van der Waals surface area contributed by atoms with Gasteiger partial charge in [0.15, 0.2) is 11.0 Å². The summed E-state index contributed by atoms with van der Waals surface area (Å²) >= 11 is 5.97. The van der Waals surface area contributed by atoms with Crippen molar-refractivity contribution in [2.75, 3.05) is 37.6 Å². The Balaban J connectivity index is 1.36. The number of hydrogen-bond donors (Lipinski definition) is 0. The fourth-order valence-corrected chi connectivity index (χ4v) is 6.17. The minimum atomic E-state index is -2.62. The molecular formula is C26H33ClF2N6O3. The molecule has 12 heteroatoms. The van der Waals surface area contributed by atoms with E-state index in [1.807, 2.05) is 4.90 Å². The van der Waals surface area contributed by atoms with Gasteiger partial charge in [0.25, 0.3) is 0 Å².